The third kappa shape index (κ3) is 3.65. The van der Waals surface area contributed by atoms with Gasteiger partial charge in [0.15, 0.2) is 0 Å². The number of amides is 1. The Hall–Kier alpha value is -3.27. The van der Waals surface area contributed by atoms with Crippen LogP contribution in [0.1, 0.15) is 48.4 Å². The van der Waals surface area contributed by atoms with Gasteiger partial charge < -0.3 is 10.2 Å². The SMILES string of the molecule is CN(C)c1ccc(C2Nc3ccccc3C(=O)N2c2ccc(C(C)(C)C)cc2)cc1. The molecule has 0 bridgehead atoms. The second-order valence-electron chi connectivity index (χ2n) is 9.05. The standard InChI is InChI=1S/C26H29N3O/c1-26(2,3)19-12-16-21(17-13-19)29-24(18-10-14-20(15-11-18)28(4)5)27-23-9-7-6-8-22(23)25(29)30/h6-17,24,27H,1-5H3. The molecule has 1 atom stereocenters. The van der Waals surface area contributed by atoms with Gasteiger partial charge >= 0.3 is 0 Å². The summed E-state index contributed by atoms with van der Waals surface area (Å²) in [7, 11) is 4.05. The van der Waals surface area contributed by atoms with E-state index in [1.165, 1.54) is 5.56 Å². The fraction of sp³-hybridized carbons (Fsp3) is 0.269. The number of hydrogen-bond donors (Lipinski definition) is 1. The van der Waals surface area contributed by atoms with Gasteiger partial charge in [-0.15, -0.1) is 0 Å². The Bertz CT molecular complexity index is 1050. The quantitative estimate of drug-likeness (QED) is 0.603. The Morgan fingerprint density at radius 3 is 2.10 bits per heavy atom. The second kappa shape index (κ2) is 7.52. The van der Waals surface area contributed by atoms with Crippen molar-refractivity contribution in [2.45, 2.75) is 32.4 Å². The lowest BCUT2D eigenvalue weighted by atomic mass is 9.87. The average molecular weight is 400 g/mol. The summed E-state index contributed by atoms with van der Waals surface area (Å²) in [4.78, 5) is 17.5. The topological polar surface area (TPSA) is 35.6 Å². The zero-order valence-corrected chi connectivity index (χ0v) is 18.3. The predicted molar refractivity (Wildman–Crippen MR) is 126 cm³/mol. The van der Waals surface area contributed by atoms with Crippen molar-refractivity contribution in [3.8, 4) is 0 Å². The highest BCUT2D eigenvalue weighted by molar-refractivity contribution is 6.12. The number of para-hydroxylation sites is 1. The molecular formula is C26H29N3O. The van der Waals surface area contributed by atoms with Crippen LogP contribution in [0, 0.1) is 0 Å². The van der Waals surface area contributed by atoms with Crippen molar-refractivity contribution in [2.75, 3.05) is 29.2 Å². The number of nitrogens with zero attached hydrogens (tertiary/aromatic N) is 2. The molecule has 3 aromatic carbocycles. The maximum atomic E-state index is 13.5. The van der Waals surface area contributed by atoms with Crippen molar-refractivity contribution in [3.63, 3.8) is 0 Å². The number of nitrogens with one attached hydrogen (secondary N) is 1. The zero-order valence-electron chi connectivity index (χ0n) is 18.3. The van der Waals surface area contributed by atoms with E-state index >= 15 is 0 Å². The van der Waals surface area contributed by atoms with Gasteiger partial charge in [-0.3, -0.25) is 9.69 Å². The van der Waals surface area contributed by atoms with E-state index in [1.54, 1.807) is 0 Å². The van der Waals surface area contributed by atoms with E-state index in [2.05, 4.69) is 79.5 Å². The van der Waals surface area contributed by atoms with E-state index < -0.39 is 0 Å². The van der Waals surface area contributed by atoms with Crippen LogP contribution in [0.15, 0.2) is 72.8 Å². The first-order valence-electron chi connectivity index (χ1n) is 10.3. The van der Waals surface area contributed by atoms with Gasteiger partial charge in [0.25, 0.3) is 5.91 Å². The summed E-state index contributed by atoms with van der Waals surface area (Å²) in [5, 5.41) is 3.58. The molecule has 1 amide bonds. The highest BCUT2D eigenvalue weighted by Crippen LogP contribution is 2.37. The number of rotatable bonds is 3. The third-order valence-electron chi connectivity index (χ3n) is 5.66. The van der Waals surface area contributed by atoms with Crippen LogP contribution in [0.4, 0.5) is 17.1 Å². The summed E-state index contributed by atoms with van der Waals surface area (Å²) in [6.45, 7) is 6.59. The highest BCUT2D eigenvalue weighted by atomic mass is 16.2. The molecule has 0 radical (unpaired) electrons. The van der Waals surface area contributed by atoms with Crippen molar-refractivity contribution >= 4 is 23.0 Å². The first-order valence-corrected chi connectivity index (χ1v) is 10.3. The molecular weight excluding hydrogens is 370 g/mol. The maximum Gasteiger partial charge on any atom is 0.262 e. The van der Waals surface area contributed by atoms with E-state index in [9.17, 15) is 4.79 Å². The number of hydrogen-bond acceptors (Lipinski definition) is 3. The molecule has 0 saturated heterocycles. The fourth-order valence-electron chi connectivity index (χ4n) is 3.83. The van der Waals surface area contributed by atoms with Crippen molar-refractivity contribution in [1.29, 1.82) is 0 Å². The Morgan fingerprint density at radius 2 is 1.50 bits per heavy atom. The summed E-state index contributed by atoms with van der Waals surface area (Å²) in [6.07, 6.45) is -0.274. The Morgan fingerprint density at radius 1 is 0.867 bits per heavy atom. The lowest BCUT2D eigenvalue weighted by molar-refractivity contribution is 0.0975. The van der Waals surface area contributed by atoms with E-state index in [0.717, 1.165) is 22.6 Å². The van der Waals surface area contributed by atoms with Crippen molar-refractivity contribution in [2.24, 2.45) is 0 Å². The molecule has 0 saturated carbocycles. The first-order chi connectivity index (χ1) is 14.3. The molecule has 4 nitrogen and oxygen atoms in total. The van der Waals surface area contributed by atoms with Gasteiger partial charge in [-0.05, 0) is 52.9 Å². The molecule has 0 spiro atoms. The van der Waals surface area contributed by atoms with Crippen LogP contribution in [0.2, 0.25) is 0 Å². The normalized spacial score (nSPS) is 16.1. The average Bonchev–Trinajstić information content (AvgIpc) is 2.73. The molecule has 4 rings (SSSR count). The summed E-state index contributed by atoms with van der Waals surface area (Å²) >= 11 is 0. The number of carbonyl (C=O) groups excluding carboxylic acids is 1. The van der Waals surface area contributed by atoms with Crippen LogP contribution >= 0.6 is 0 Å². The monoisotopic (exact) mass is 399 g/mol. The zero-order chi connectivity index (χ0) is 21.5. The molecule has 1 aliphatic rings. The summed E-state index contributed by atoms with van der Waals surface area (Å²) in [5.74, 6) is 0.00884. The van der Waals surface area contributed by atoms with Gasteiger partial charge in [0.2, 0.25) is 0 Å². The molecule has 0 aromatic heterocycles. The van der Waals surface area contributed by atoms with E-state index in [1.807, 2.05) is 43.3 Å². The minimum Gasteiger partial charge on any atom is -0.378 e. The summed E-state index contributed by atoms with van der Waals surface area (Å²) in [5.41, 5.74) is 5.93. The number of anilines is 3. The second-order valence-corrected chi connectivity index (χ2v) is 9.05. The van der Waals surface area contributed by atoms with Crippen molar-refractivity contribution < 1.29 is 4.79 Å². The summed E-state index contributed by atoms with van der Waals surface area (Å²) in [6, 6.07) is 24.4. The lowest BCUT2D eigenvalue weighted by Gasteiger charge is -2.38. The molecule has 1 unspecified atom stereocenters. The van der Waals surface area contributed by atoms with Gasteiger partial charge in [0.05, 0.1) is 5.56 Å². The molecule has 4 heteroatoms. The largest absolute Gasteiger partial charge is 0.378 e. The van der Waals surface area contributed by atoms with Gasteiger partial charge in [-0.2, -0.15) is 0 Å². The number of benzene rings is 3. The van der Waals surface area contributed by atoms with Crippen molar-refractivity contribution in [1.82, 2.24) is 0 Å². The molecule has 0 fully saturated rings. The van der Waals surface area contributed by atoms with E-state index in [4.69, 9.17) is 0 Å². The number of carbonyl (C=O) groups is 1. The maximum absolute atomic E-state index is 13.5. The third-order valence-corrected chi connectivity index (χ3v) is 5.66. The van der Waals surface area contributed by atoms with Gasteiger partial charge in [0, 0.05) is 31.2 Å². The van der Waals surface area contributed by atoms with Crippen LogP contribution in [-0.4, -0.2) is 20.0 Å². The molecule has 3 aromatic rings. The van der Waals surface area contributed by atoms with Crippen LogP contribution in [-0.2, 0) is 5.41 Å². The Balaban J connectivity index is 1.78. The van der Waals surface area contributed by atoms with Gasteiger partial charge in [-0.1, -0.05) is 57.2 Å². The number of fused-ring (bicyclic) bond motifs is 1. The molecule has 1 N–H and O–H groups in total. The first kappa shape index (κ1) is 20.0. The molecule has 1 heterocycles. The molecule has 30 heavy (non-hydrogen) atoms. The van der Waals surface area contributed by atoms with Gasteiger partial charge in [0.1, 0.15) is 6.17 Å². The van der Waals surface area contributed by atoms with Gasteiger partial charge in [-0.25, -0.2) is 0 Å². The predicted octanol–water partition coefficient (Wildman–Crippen LogP) is 5.82. The lowest BCUT2D eigenvalue weighted by Crippen LogP contribution is -2.43. The molecule has 0 aliphatic carbocycles. The highest BCUT2D eigenvalue weighted by Gasteiger charge is 2.34. The fourth-order valence-corrected chi connectivity index (χ4v) is 3.83. The van der Waals surface area contributed by atoms with E-state index in [0.29, 0.717) is 5.56 Å². The molecule has 1 aliphatic heterocycles. The minimum absolute atomic E-state index is 0.00884. The van der Waals surface area contributed by atoms with E-state index in [-0.39, 0.29) is 17.5 Å². The van der Waals surface area contributed by atoms with Crippen LogP contribution in [0.25, 0.3) is 0 Å². The van der Waals surface area contributed by atoms with Crippen LogP contribution in [0.5, 0.6) is 0 Å². The molecule has 154 valence electrons. The summed E-state index contributed by atoms with van der Waals surface area (Å²) < 4.78 is 0. The van der Waals surface area contributed by atoms with Crippen LogP contribution in [0.3, 0.4) is 0 Å². The minimum atomic E-state index is -0.274. The Kier molecular flexibility index (Phi) is 5.02. The Labute approximate surface area is 179 Å². The van der Waals surface area contributed by atoms with Crippen molar-refractivity contribution in [3.05, 3.63) is 89.5 Å². The van der Waals surface area contributed by atoms with Crippen LogP contribution < -0.4 is 15.1 Å². The smallest absolute Gasteiger partial charge is 0.262 e.